The lowest BCUT2D eigenvalue weighted by atomic mass is 9.97. The lowest BCUT2D eigenvalue weighted by Gasteiger charge is -2.27. The molecule has 194 valence electrons. The van der Waals surface area contributed by atoms with Gasteiger partial charge in [0.25, 0.3) is 0 Å². The molecule has 0 unspecified atom stereocenters. The summed E-state index contributed by atoms with van der Waals surface area (Å²) >= 11 is 0. The molecule has 0 spiro atoms. The van der Waals surface area contributed by atoms with Crippen LogP contribution in [-0.2, 0) is 4.74 Å². The number of benzene rings is 3. The molecule has 7 heteroatoms. The van der Waals surface area contributed by atoms with E-state index in [0.29, 0.717) is 26.3 Å². The number of ether oxygens (including phenoxy) is 1. The summed E-state index contributed by atoms with van der Waals surface area (Å²) in [7, 11) is 1.99. The van der Waals surface area contributed by atoms with Gasteiger partial charge in [0, 0.05) is 43.0 Å². The van der Waals surface area contributed by atoms with Gasteiger partial charge < -0.3 is 19.9 Å². The lowest BCUT2D eigenvalue weighted by molar-refractivity contribution is 0.0564. The second kappa shape index (κ2) is 10.9. The minimum absolute atomic E-state index is 0.120. The van der Waals surface area contributed by atoms with Crippen LogP contribution in [0.3, 0.4) is 0 Å². The number of amides is 2. The van der Waals surface area contributed by atoms with E-state index < -0.39 is 0 Å². The Morgan fingerprint density at radius 3 is 2.44 bits per heavy atom. The molecule has 0 saturated carbocycles. The topological polar surface area (TPSA) is 70.6 Å². The summed E-state index contributed by atoms with van der Waals surface area (Å²) in [5, 5.41) is 5.16. The summed E-state index contributed by atoms with van der Waals surface area (Å²) in [5.74, 6) is 1.61. The zero-order valence-corrected chi connectivity index (χ0v) is 21.7. The standard InChI is InChI=1S/C32H29N5O2/c1-36(29-15-5-6-16-33-29)31-30-25(12-8-14-27(30)23-9-3-2-4-10-23)22-28(35-31)24-11-7-13-26(21-24)34-32(38)37-17-19-39-20-18-37/h2-16,21-22H,17-20H2,1H3,(H,34,38). The number of anilines is 3. The van der Waals surface area contributed by atoms with E-state index in [-0.39, 0.29) is 6.03 Å². The van der Waals surface area contributed by atoms with Crippen molar-refractivity contribution < 1.29 is 9.53 Å². The van der Waals surface area contributed by atoms with Gasteiger partial charge in [0.15, 0.2) is 0 Å². The fraction of sp³-hybridized carbons (Fsp3) is 0.156. The van der Waals surface area contributed by atoms with E-state index in [4.69, 9.17) is 9.72 Å². The zero-order chi connectivity index (χ0) is 26.6. The first kappa shape index (κ1) is 24.6. The van der Waals surface area contributed by atoms with Crippen molar-refractivity contribution in [3.63, 3.8) is 0 Å². The Kier molecular flexibility index (Phi) is 6.89. The van der Waals surface area contributed by atoms with Crippen molar-refractivity contribution in [1.82, 2.24) is 14.9 Å². The molecule has 2 amide bonds. The number of hydrogen-bond acceptors (Lipinski definition) is 5. The molecule has 5 aromatic rings. The molecule has 1 aliphatic rings. The predicted molar refractivity (Wildman–Crippen MR) is 156 cm³/mol. The third-order valence-electron chi connectivity index (χ3n) is 6.94. The van der Waals surface area contributed by atoms with E-state index in [0.717, 1.165) is 50.5 Å². The lowest BCUT2D eigenvalue weighted by Crippen LogP contribution is -2.43. The molecular formula is C32H29N5O2. The molecule has 39 heavy (non-hydrogen) atoms. The first-order valence-electron chi connectivity index (χ1n) is 13.1. The minimum Gasteiger partial charge on any atom is -0.378 e. The van der Waals surface area contributed by atoms with Crippen molar-refractivity contribution in [3.05, 3.63) is 103 Å². The van der Waals surface area contributed by atoms with Crippen LogP contribution < -0.4 is 10.2 Å². The molecule has 0 radical (unpaired) electrons. The highest BCUT2D eigenvalue weighted by atomic mass is 16.5. The Morgan fingerprint density at radius 1 is 0.872 bits per heavy atom. The summed E-state index contributed by atoms with van der Waals surface area (Å²) < 4.78 is 5.37. The number of carbonyl (C=O) groups excluding carboxylic acids is 1. The molecule has 7 nitrogen and oxygen atoms in total. The number of carbonyl (C=O) groups is 1. The molecule has 3 heterocycles. The largest absolute Gasteiger partial charge is 0.378 e. The molecule has 6 rings (SSSR count). The van der Waals surface area contributed by atoms with Gasteiger partial charge in [-0.15, -0.1) is 0 Å². The molecule has 0 atom stereocenters. The maximum Gasteiger partial charge on any atom is 0.321 e. The number of rotatable bonds is 5. The predicted octanol–water partition coefficient (Wildman–Crippen LogP) is 6.60. The Hall–Kier alpha value is -4.75. The van der Waals surface area contributed by atoms with E-state index in [2.05, 4.69) is 58.8 Å². The Bertz CT molecular complexity index is 1600. The maximum absolute atomic E-state index is 12.8. The van der Waals surface area contributed by atoms with Crippen LogP contribution in [0.4, 0.5) is 22.1 Å². The summed E-state index contributed by atoms with van der Waals surface area (Å²) in [6.07, 6.45) is 1.79. The van der Waals surface area contributed by atoms with Crippen LogP contribution in [0.15, 0.2) is 103 Å². The maximum atomic E-state index is 12.8. The number of aromatic nitrogens is 2. The second-order valence-corrected chi connectivity index (χ2v) is 9.46. The highest BCUT2D eigenvalue weighted by Gasteiger charge is 2.19. The summed E-state index contributed by atoms with van der Waals surface area (Å²) in [6.45, 7) is 2.30. The Balaban J connectivity index is 1.45. The molecular weight excluding hydrogens is 486 g/mol. The fourth-order valence-electron chi connectivity index (χ4n) is 4.92. The fourth-order valence-corrected chi connectivity index (χ4v) is 4.92. The van der Waals surface area contributed by atoms with Crippen molar-refractivity contribution in [2.24, 2.45) is 0 Å². The molecule has 1 aliphatic heterocycles. The minimum atomic E-state index is -0.120. The van der Waals surface area contributed by atoms with Crippen molar-refractivity contribution >= 4 is 34.1 Å². The Labute approximate surface area is 227 Å². The normalized spacial score (nSPS) is 13.3. The van der Waals surface area contributed by atoms with Crippen LogP contribution in [0.1, 0.15) is 0 Å². The van der Waals surface area contributed by atoms with Crippen molar-refractivity contribution in [3.8, 4) is 22.4 Å². The van der Waals surface area contributed by atoms with Crippen LogP contribution in [0.5, 0.6) is 0 Å². The Morgan fingerprint density at radius 2 is 1.64 bits per heavy atom. The summed E-state index contributed by atoms with van der Waals surface area (Å²) in [6, 6.07) is 32.4. The third kappa shape index (κ3) is 5.17. The van der Waals surface area contributed by atoms with E-state index in [1.165, 1.54) is 0 Å². The van der Waals surface area contributed by atoms with Gasteiger partial charge in [0.05, 0.1) is 18.9 Å². The number of nitrogens with zero attached hydrogens (tertiary/aromatic N) is 4. The number of morpholine rings is 1. The molecule has 1 fully saturated rings. The van der Waals surface area contributed by atoms with Gasteiger partial charge in [0.2, 0.25) is 0 Å². The number of nitrogens with one attached hydrogen (secondary N) is 1. The van der Waals surface area contributed by atoms with Gasteiger partial charge in [-0.3, -0.25) is 0 Å². The molecule has 0 aliphatic carbocycles. The van der Waals surface area contributed by atoms with Gasteiger partial charge in [0.1, 0.15) is 11.6 Å². The van der Waals surface area contributed by atoms with Gasteiger partial charge in [-0.2, -0.15) is 0 Å². The number of hydrogen-bond donors (Lipinski definition) is 1. The molecule has 3 aromatic carbocycles. The van der Waals surface area contributed by atoms with Gasteiger partial charge >= 0.3 is 6.03 Å². The number of urea groups is 1. The number of pyridine rings is 2. The smallest absolute Gasteiger partial charge is 0.321 e. The number of fused-ring (bicyclic) bond motifs is 1. The van der Waals surface area contributed by atoms with Gasteiger partial charge in [-0.1, -0.05) is 66.7 Å². The average molecular weight is 516 g/mol. The highest BCUT2D eigenvalue weighted by Crippen LogP contribution is 2.38. The summed E-state index contributed by atoms with van der Waals surface area (Å²) in [4.78, 5) is 26.4. The molecule has 1 N–H and O–H groups in total. The highest BCUT2D eigenvalue weighted by molar-refractivity contribution is 6.06. The van der Waals surface area contributed by atoms with Crippen LogP contribution in [0.25, 0.3) is 33.2 Å². The van der Waals surface area contributed by atoms with Crippen LogP contribution >= 0.6 is 0 Å². The van der Waals surface area contributed by atoms with Gasteiger partial charge in [-0.05, 0) is 46.8 Å². The van der Waals surface area contributed by atoms with Crippen molar-refractivity contribution in [1.29, 1.82) is 0 Å². The molecule has 1 saturated heterocycles. The first-order valence-corrected chi connectivity index (χ1v) is 13.1. The van der Waals surface area contributed by atoms with Crippen molar-refractivity contribution in [2.45, 2.75) is 0 Å². The zero-order valence-electron chi connectivity index (χ0n) is 21.7. The SMILES string of the molecule is CN(c1ccccn1)c1nc(-c2cccc(NC(=O)N3CCOCC3)c2)cc2cccc(-c3ccccc3)c12. The quantitative estimate of drug-likeness (QED) is 0.286. The second-order valence-electron chi connectivity index (χ2n) is 9.46. The summed E-state index contributed by atoms with van der Waals surface area (Å²) in [5.41, 5.74) is 4.69. The molecule has 2 aromatic heterocycles. The van der Waals surface area contributed by atoms with E-state index in [1.807, 2.05) is 60.5 Å². The monoisotopic (exact) mass is 515 g/mol. The average Bonchev–Trinajstić information content (AvgIpc) is 3.01. The van der Waals surface area contributed by atoms with E-state index in [1.54, 1.807) is 11.1 Å². The van der Waals surface area contributed by atoms with E-state index >= 15 is 0 Å². The van der Waals surface area contributed by atoms with Gasteiger partial charge in [-0.25, -0.2) is 14.8 Å². The van der Waals surface area contributed by atoms with Crippen LogP contribution in [0.2, 0.25) is 0 Å². The first-order chi connectivity index (χ1) is 19.2. The third-order valence-corrected chi connectivity index (χ3v) is 6.94. The van der Waals surface area contributed by atoms with Crippen LogP contribution in [0, 0.1) is 0 Å². The van der Waals surface area contributed by atoms with Crippen LogP contribution in [-0.4, -0.2) is 54.2 Å². The van der Waals surface area contributed by atoms with Crippen molar-refractivity contribution in [2.75, 3.05) is 43.6 Å². The van der Waals surface area contributed by atoms with E-state index in [9.17, 15) is 4.79 Å². The molecule has 0 bridgehead atoms.